The molecule has 2 aromatic rings. The molecule has 0 N–H and O–H groups in total. The molecule has 0 unspecified atom stereocenters. The van der Waals surface area contributed by atoms with E-state index in [2.05, 4.69) is 0 Å². The molecule has 0 spiro atoms. The zero-order valence-corrected chi connectivity index (χ0v) is 29.3. The van der Waals surface area contributed by atoms with Crippen LogP contribution < -0.4 is 14.8 Å². The topological polar surface area (TPSA) is 102 Å². The highest BCUT2D eigenvalue weighted by Gasteiger charge is 2.84. The van der Waals surface area contributed by atoms with Crippen molar-refractivity contribution in [3.8, 4) is 22.5 Å². The first-order valence-electron chi connectivity index (χ1n) is 15.3. The largest absolute Gasteiger partial charge is 0.460 e. The number of fused-ring (bicyclic) bond motifs is 2. The van der Waals surface area contributed by atoms with Gasteiger partial charge in [-0.3, -0.25) is 0 Å². The summed E-state index contributed by atoms with van der Waals surface area (Å²) in [4.78, 5) is 0.816. The average Bonchev–Trinajstić information content (AvgIpc) is 3.03. The van der Waals surface area contributed by atoms with Gasteiger partial charge in [0.25, 0.3) is 0 Å². The molecule has 1 heterocycles. The van der Waals surface area contributed by atoms with E-state index in [-0.39, 0.29) is 33.4 Å². The van der Waals surface area contributed by atoms with Crippen molar-refractivity contribution in [2.45, 2.75) is 62.8 Å². The molecule has 2 aliphatic rings. The van der Waals surface area contributed by atoms with E-state index < -0.39 is 53.8 Å². The fraction of sp³-hybridized carbons (Fsp3) is 0.406. The number of nitrogens with zero attached hydrogens (tertiary/aromatic N) is 3. The maximum Gasteiger partial charge on any atom is 0.460 e. The first kappa shape index (κ1) is 39.9. The second kappa shape index (κ2) is 13.6. The summed E-state index contributed by atoms with van der Waals surface area (Å²) in [7, 11) is -13.8. The molecule has 1 aliphatic carbocycles. The summed E-state index contributed by atoms with van der Waals surface area (Å²) in [6.45, 7) is 11.2. The lowest BCUT2D eigenvalue weighted by Gasteiger charge is -2.36. The molecular formula is C32H32F9N3O5S2. The molecule has 0 fully saturated rings. The van der Waals surface area contributed by atoms with Crippen LogP contribution in [0.1, 0.15) is 33.3 Å². The van der Waals surface area contributed by atoms with Crippen LogP contribution in [0.4, 0.5) is 45.2 Å². The molecular weight excluding hydrogens is 741 g/mol. The number of anilines is 1. The maximum absolute atomic E-state index is 14.6. The number of benzene rings is 3. The summed E-state index contributed by atoms with van der Waals surface area (Å²) in [5.41, 5.74) is 0.805. The van der Waals surface area contributed by atoms with E-state index in [1.807, 2.05) is 41.3 Å². The van der Waals surface area contributed by atoms with Crippen molar-refractivity contribution in [2.75, 3.05) is 31.1 Å². The van der Waals surface area contributed by atoms with Crippen molar-refractivity contribution in [3.05, 3.63) is 69.6 Å². The summed E-state index contributed by atoms with van der Waals surface area (Å²) in [6, 6.07) is 13.0. The van der Waals surface area contributed by atoms with Gasteiger partial charge in [0.05, 0.1) is 11.0 Å². The van der Waals surface area contributed by atoms with Gasteiger partial charge in [-0.05, 0) is 64.4 Å². The third kappa shape index (κ3) is 6.79. The second-order valence-corrected chi connectivity index (χ2v) is 14.8. The number of hydrogen-bond acceptors (Lipinski definition) is 6. The molecule has 0 saturated carbocycles. The van der Waals surface area contributed by atoms with Crippen LogP contribution >= 0.6 is 0 Å². The Morgan fingerprint density at radius 3 is 1.88 bits per heavy atom. The quantitative estimate of drug-likeness (QED) is 0.0823. The van der Waals surface area contributed by atoms with E-state index in [0.717, 1.165) is 12.1 Å². The van der Waals surface area contributed by atoms with Crippen molar-refractivity contribution in [1.82, 2.24) is 4.58 Å². The van der Waals surface area contributed by atoms with E-state index in [0.29, 0.717) is 37.2 Å². The molecule has 0 saturated heterocycles. The van der Waals surface area contributed by atoms with Gasteiger partial charge in [-0.2, -0.15) is 39.5 Å². The maximum atomic E-state index is 14.6. The van der Waals surface area contributed by atoms with Gasteiger partial charge in [-0.15, -0.1) is 0 Å². The standard InChI is InChI=1S/C32H32F9N3O5S2/c1-6-43(7-2)20-11-14-22-25(17-20)49-26-18-21(44(8-3)9-4)12-15-23(26)28(22)24-13-10-19(5)16-27(24)50(45,46)42-51(47,48)32(40,41)30(35,36)29(33,34)31(37,38)39/h10-18H,6-9H2,1-5H3. The van der Waals surface area contributed by atoms with E-state index in [1.165, 1.54) is 13.0 Å². The Hall–Kier alpha value is -3.84. The summed E-state index contributed by atoms with van der Waals surface area (Å²) in [6.07, 6.45) is -7.35. The van der Waals surface area contributed by atoms with Gasteiger partial charge in [-0.1, -0.05) is 12.1 Å². The molecule has 2 aromatic carbocycles. The third-order valence-electron chi connectivity index (χ3n) is 8.27. The Balaban J connectivity index is 2.04. The van der Waals surface area contributed by atoms with Crippen molar-refractivity contribution in [1.29, 1.82) is 0 Å². The molecule has 4 rings (SSSR count). The smallest absolute Gasteiger partial charge is 0.456 e. The van der Waals surface area contributed by atoms with Crippen LogP contribution in [0.3, 0.4) is 0 Å². The predicted octanol–water partition coefficient (Wildman–Crippen LogP) is 7.99. The van der Waals surface area contributed by atoms with Crippen LogP contribution in [0.5, 0.6) is 0 Å². The lowest BCUT2D eigenvalue weighted by Crippen LogP contribution is -2.63. The molecule has 0 aromatic heterocycles. The molecule has 8 nitrogen and oxygen atoms in total. The Kier molecular flexibility index (Phi) is 10.7. The van der Waals surface area contributed by atoms with E-state index in [1.54, 1.807) is 36.4 Å². The lowest BCUT2D eigenvalue weighted by molar-refractivity contribution is -0.382. The zero-order chi connectivity index (χ0) is 38.5. The van der Waals surface area contributed by atoms with Crippen LogP contribution in [0.2, 0.25) is 0 Å². The summed E-state index contributed by atoms with van der Waals surface area (Å²) in [5, 5.41) is -6.43. The SMILES string of the molecule is CCN(CC)c1ccc2c(-c3ccc(C)cc3S(=O)(=O)[N-]S(=O)(=O)C(F)(F)C(F)(F)C(F)(F)C(F)(F)F)c3ccc(=[N+](CC)CC)cc-3oc2c1. The number of halogens is 9. The Bertz CT molecular complexity index is 2210. The molecule has 0 amide bonds. The van der Waals surface area contributed by atoms with E-state index in [4.69, 9.17) is 4.42 Å². The fourth-order valence-electron chi connectivity index (χ4n) is 5.52. The lowest BCUT2D eigenvalue weighted by atomic mass is 9.93. The van der Waals surface area contributed by atoms with Gasteiger partial charge < -0.3 is 13.4 Å². The molecule has 51 heavy (non-hydrogen) atoms. The minimum Gasteiger partial charge on any atom is -0.456 e. The van der Waals surface area contributed by atoms with Crippen molar-refractivity contribution < 1.29 is 60.8 Å². The average molecular weight is 774 g/mol. The van der Waals surface area contributed by atoms with E-state index in [9.17, 15) is 56.3 Å². The molecule has 280 valence electrons. The van der Waals surface area contributed by atoms with E-state index >= 15 is 0 Å². The van der Waals surface area contributed by atoms with Crippen molar-refractivity contribution >= 4 is 36.7 Å². The van der Waals surface area contributed by atoms with Gasteiger partial charge in [-0.25, -0.2) is 21.4 Å². The minimum atomic E-state index is -7.68. The highest BCUT2D eigenvalue weighted by atomic mass is 32.3. The second-order valence-electron chi connectivity index (χ2n) is 11.4. The Morgan fingerprint density at radius 2 is 1.33 bits per heavy atom. The molecule has 0 radical (unpaired) electrons. The molecule has 0 atom stereocenters. The van der Waals surface area contributed by atoms with Gasteiger partial charge in [0.1, 0.15) is 34.5 Å². The van der Waals surface area contributed by atoms with Crippen molar-refractivity contribution in [2.24, 2.45) is 0 Å². The van der Waals surface area contributed by atoms with Crippen LogP contribution in [0.25, 0.3) is 37.5 Å². The van der Waals surface area contributed by atoms with Crippen LogP contribution in [-0.4, -0.2) is 66.3 Å². The minimum absolute atomic E-state index is 0.0373. The summed E-state index contributed by atoms with van der Waals surface area (Å²) >= 11 is 0. The highest BCUT2D eigenvalue weighted by Crippen LogP contribution is 2.56. The number of rotatable bonds is 12. The van der Waals surface area contributed by atoms with Gasteiger partial charge >= 0.3 is 23.3 Å². The first-order chi connectivity index (χ1) is 23.4. The number of aryl methyl sites for hydroxylation is 1. The van der Waals surface area contributed by atoms with Gasteiger partial charge in [0.15, 0.2) is 10.0 Å². The van der Waals surface area contributed by atoms with Gasteiger partial charge in [0, 0.05) is 53.0 Å². The van der Waals surface area contributed by atoms with Crippen LogP contribution in [0.15, 0.2) is 63.9 Å². The first-order valence-corrected chi connectivity index (χ1v) is 18.2. The van der Waals surface area contributed by atoms with Gasteiger partial charge in [0.2, 0.25) is 5.36 Å². The van der Waals surface area contributed by atoms with Crippen LogP contribution in [-0.2, 0) is 20.0 Å². The molecule has 1 aliphatic heterocycles. The Labute approximate surface area is 287 Å². The zero-order valence-electron chi connectivity index (χ0n) is 27.6. The van der Waals surface area contributed by atoms with Crippen LogP contribution in [0, 0.1) is 6.92 Å². The Morgan fingerprint density at radius 1 is 0.745 bits per heavy atom. The number of alkyl halides is 9. The normalized spacial score (nSPS) is 13.6. The molecule has 0 bridgehead atoms. The highest BCUT2D eigenvalue weighted by molar-refractivity contribution is 8.12. The number of hydrogen-bond donors (Lipinski definition) is 0. The predicted molar refractivity (Wildman–Crippen MR) is 173 cm³/mol. The van der Waals surface area contributed by atoms with Crippen molar-refractivity contribution in [3.63, 3.8) is 0 Å². The fourth-order valence-corrected chi connectivity index (χ4v) is 8.48. The summed E-state index contributed by atoms with van der Waals surface area (Å²) < 4.78 is 185. The molecule has 19 heteroatoms. The number of sulfonamides is 2. The third-order valence-corrected chi connectivity index (χ3v) is 11.6. The summed E-state index contributed by atoms with van der Waals surface area (Å²) in [5.74, 6) is -15.1. The monoisotopic (exact) mass is 773 g/mol.